The first-order valence-corrected chi connectivity index (χ1v) is 11.9. The average molecular weight is 445 g/mol. The number of piperidine rings is 1. The zero-order valence-electron chi connectivity index (χ0n) is 17.2. The minimum atomic E-state index is -0.341. The maximum atomic E-state index is 12.1. The van der Waals surface area contributed by atoms with Crippen LogP contribution in [0.4, 0.5) is 5.95 Å². The highest BCUT2D eigenvalue weighted by molar-refractivity contribution is 7.98. The van der Waals surface area contributed by atoms with Gasteiger partial charge in [0.25, 0.3) is 0 Å². The molecule has 1 saturated heterocycles. The molecule has 0 radical (unpaired) electrons. The summed E-state index contributed by atoms with van der Waals surface area (Å²) in [6.07, 6.45) is 4.75. The Hall–Kier alpha value is -1.99. The van der Waals surface area contributed by atoms with E-state index in [0.717, 1.165) is 46.6 Å². The Kier molecular flexibility index (Phi) is 5.27. The molecule has 1 aliphatic heterocycles. The predicted octanol–water partition coefficient (Wildman–Crippen LogP) is 5.21. The summed E-state index contributed by atoms with van der Waals surface area (Å²) in [7, 11) is 0. The lowest BCUT2D eigenvalue weighted by atomic mass is 10.00. The SMILES string of the molecule is Cc1cc2oc(=O)cc(CSc3nnc(N4CCC(C)CC4)n3C3CC3)c2cc1Cl. The smallest absolute Gasteiger partial charge is 0.336 e. The Morgan fingerprint density at radius 2 is 1.93 bits per heavy atom. The van der Waals surface area contributed by atoms with Gasteiger partial charge < -0.3 is 9.32 Å². The molecule has 30 heavy (non-hydrogen) atoms. The van der Waals surface area contributed by atoms with E-state index in [1.807, 2.05) is 19.1 Å². The van der Waals surface area contributed by atoms with Gasteiger partial charge in [-0.2, -0.15) is 0 Å². The van der Waals surface area contributed by atoms with Gasteiger partial charge in [0, 0.05) is 41.4 Å². The van der Waals surface area contributed by atoms with Crippen LogP contribution in [0, 0.1) is 12.8 Å². The van der Waals surface area contributed by atoms with Crippen molar-refractivity contribution in [3.63, 3.8) is 0 Å². The summed E-state index contributed by atoms with van der Waals surface area (Å²) >= 11 is 7.96. The van der Waals surface area contributed by atoms with Gasteiger partial charge in [-0.1, -0.05) is 30.3 Å². The van der Waals surface area contributed by atoms with Crippen molar-refractivity contribution in [2.24, 2.45) is 5.92 Å². The second-order valence-electron chi connectivity index (χ2n) is 8.53. The van der Waals surface area contributed by atoms with Crippen molar-refractivity contribution in [1.82, 2.24) is 14.8 Å². The molecule has 0 atom stereocenters. The maximum Gasteiger partial charge on any atom is 0.336 e. The number of nitrogens with zero attached hydrogens (tertiary/aromatic N) is 4. The highest BCUT2D eigenvalue weighted by Gasteiger charge is 2.32. The van der Waals surface area contributed by atoms with E-state index in [0.29, 0.717) is 22.4 Å². The third kappa shape index (κ3) is 3.85. The lowest BCUT2D eigenvalue weighted by molar-refractivity contribution is 0.429. The lowest BCUT2D eigenvalue weighted by Gasteiger charge is -2.31. The Morgan fingerprint density at radius 1 is 1.17 bits per heavy atom. The number of hydrogen-bond donors (Lipinski definition) is 0. The van der Waals surface area contributed by atoms with Crippen LogP contribution in [0.25, 0.3) is 11.0 Å². The monoisotopic (exact) mass is 444 g/mol. The van der Waals surface area contributed by atoms with Gasteiger partial charge in [-0.3, -0.25) is 4.57 Å². The van der Waals surface area contributed by atoms with Crippen molar-refractivity contribution in [2.75, 3.05) is 18.0 Å². The van der Waals surface area contributed by atoms with E-state index >= 15 is 0 Å². The Bertz CT molecular complexity index is 1150. The predicted molar refractivity (Wildman–Crippen MR) is 121 cm³/mol. The summed E-state index contributed by atoms with van der Waals surface area (Å²) in [5, 5.41) is 11.6. The van der Waals surface area contributed by atoms with Crippen molar-refractivity contribution in [1.29, 1.82) is 0 Å². The molecule has 0 spiro atoms. The Labute approximate surface area is 184 Å². The molecule has 1 aromatic carbocycles. The number of aryl methyl sites for hydroxylation is 1. The molecule has 6 nitrogen and oxygen atoms in total. The number of hydrogen-bond acceptors (Lipinski definition) is 6. The number of fused-ring (bicyclic) bond motifs is 1. The molecule has 0 bridgehead atoms. The lowest BCUT2D eigenvalue weighted by Crippen LogP contribution is -2.34. The van der Waals surface area contributed by atoms with Crippen LogP contribution in [0.15, 0.2) is 32.6 Å². The van der Waals surface area contributed by atoms with Gasteiger partial charge in [0.05, 0.1) is 0 Å². The first kappa shape index (κ1) is 19.9. The highest BCUT2D eigenvalue weighted by atomic mass is 35.5. The second-order valence-corrected chi connectivity index (χ2v) is 9.88. The standard InChI is InChI=1S/C22H25ClN4O2S/c1-13-5-7-26(8-6-13)21-24-25-22(27(21)16-3-4-16)30-12-15-10-20(28)29-19-9-14(2)18(23)11-17(15)19/h9-11,13,16H,3-8,12H2,1-2H3. The molecule has 0 N–H and O–H groups in total. The van der Waals surface area contributed by atoms with Crippen LogP contribution in [-0.2, 0) is 5.75 Å². The number of rotatable bonds is 5. The van der Waals surface area contributed by atoms with E-state index in [4.69, 9.17) is 16.0 Å². The fraction of sp³-hybridized carbons (Fsp3) is 0.500. The zero-order valence-corrected chi connectivity index (χ0v) is 18.8. The summed E-state index contributed by atoms with van der Waals surface area (Å²) in [6, 6.07) is 5.77. The second kappa shape index (κ2) is 7.93. The van der Waals surface area contributed by atoms with E-state index in [9.17, 15) is 4.79 Å². The van der Waals surface area contributed by atoms with Crippen LogP contribution >= 0.6 is 23.4 Å². The zero-order chi connectivity index (χ0) is 20.8. The molecule has 1 saturated carbocycles. The highest BCUT2D eigenvalue weighted by Crippen LogP contribution is 2.42. The maximum absolute atomic E-state index is 12.1. The molecule has 0 unspecified atom stereocenters. The van der Waals surface area contributed by atoms with Crippen LogP contribution in [-0.4, -0.2) is 27.9 Å². The van der Waals surface area contributed by atoms with Crippen molar-refractivity contribution in [2.45, 2.75) is 56.5 Å². The van der Waals surface area contributed by atoms with Gasteiger partial charge in [-0.15, -0.1) is 10.2 Å². The van der Waals surface area contributed by atoms with Crippen molar-refractivity contribution in [3.8, 4) is 0 Å². The van der Waals surface area contributed by atoms with Crippen LogP contribution in [0.1, 0.15) is 49.8 Å². The largest absolute Gasteiger partial charge is 0.423 e. The summed E-state index contributed by atoms with van der Waals surface area (Å²) < 4.78 is 7.70. The third-order valence-corrected chi connectivity index (χ3v) is 7.49. The van der Waals surface area contributed by atoms with Crippen molar-refractivity contribution >= 4 is 40.3 Å². The minimum absolute atomic E-state index is 0.341. The number of aromatic nitrogens is 3. The fourth-order valence-corrected chi connectivity index (χ4v) is 5.21. The van der Waals surface area contributed by atoms with Gasteiger partial charge in [-0.25, -0.2) is 4.79 Å². The number of anilines is 1. The van der Waals surface area contributed by atoms with Crippen LogP contribution < -0.4 is 10.5 Å². The molecule has 0 amide bonds. The Balaban J connectivity index is 1.43. The molecule has 2 fully saturated rings. The average Bonchev–Trinajstić information content (AvgIpc) is 3.47. The third-order valence-electron chi connectivity index (χ3n) is 6.09. The molecular weight excluding hydrogens is 420 g/mol. The van der Waals surface area contributed by atoms with Gasteiger partial charge >= 0.3 is 5.63 Å². The van der Waals surface area contributed by atoms with Crippen molar-refractivity contribution in [3.05, 3.63) is 44.8 Å². The molecule has 1 aliphatic carbocycles. The van der Waals surface area contributed by atoms with E-state index in [2.05, 4.69) is 26.6 Å². The number of benzene rings is 1. The first-order chi connectivity index (χ1) is 14.5. The molecule has 2 aliphatic rings. The first-order valence-electron chi connectivity index (χ1n) is 10.5. The summed E-state index contributed by atoms with van der Waals surface area (Å²) in [5.74, 6) is 2.40. The quantitative estimate of drug-likeness (QED) is 0.397. The molecular formula is C22H25ClN4O2S. The molecule has 2 aromatic heterocycles. The van der Waals surface area contributed by atoms with E-state index in [1.54, 1.807) is 17.8 Å². The molecule has 8 heteroatoms. The van der Waals surface area contributed by atoms with Gasteiger partial charge in [0.2, 0.25) is 5.95 Å². The summed E-state index contributed by atoms with van der Waals surface area (Å²) in [6.45, 7) is 6.31. The van der Waals surface area contributed by atoms with Gasteiger partial charge in [-0.05, 0) is 61.8 Å². The normalized spacial score (nSPS) is 17.8. The van der Waals surface area contributed by atoms with E-state index < -0.39 is 0 Å². The summed E-state index contributed by atoms with van der Waals surface area (Å²) in [5.41, 5.74) is 2.04. The topological polar surface area (TPSA) is 64.2 Å². The Morgan fingerprint density at radius 3 is 2.67 bits per heavy atom. The molecule has 158 valence electrons. The van der Waals surface area contributed by atoms with Gasteiger partial charge in [0.15, 0.2) is 5.16 Å². The van der Waals surface area contributed by atoms with Gasteiger partial charge in [0.1, 0.15) is 5.58 Å². The number of halogens is 1. The van der Waals surface area contributed by atoms with E-state index in [-0.39, 0.29) is 5.63 Å². The molecule has 5 rings (SSSR count). The molecule has 3 heterocycles. The van der Waals surface area contributed by atoms with Crippen LogP contribution in [0.3, 0.4) is 0 Å². The summed E-state index contributed by atoms with van der Waals surface area (Å²) in [4.78, 5) is 14.5. The van der Waals surface area contributed by atoms with Crippen LogP contribution in [0.2, 0.25) is 5.02 Å². The van der Waals surface area contributed by atoms with E-state index in [1.165, 1.54) is 25.7 Å². The molecule has 3 aromatic rings. The fourth-order valence-electron chi connectivity index (χ4n) is 4.05. The van der Waals surface area contributed by atoms with Crippen LogP contribution in [0.5, 0.6) is 0 Å². The number of thioether (sulfide) groups is 1. The minimum Gasteiger partial charge on any atom is -0.423 e. The van der Waals surface area contributed by atoms with Crippen molar-refractivity contribution < 1.29 is 4.42 Å².